The Hall–Kier alpha value is -2.58. The first-order valence-electron chi connectivity index (χ1n) is 7.77. The van der Waals surface area contributed by atoms with Gasteiger partial charge in [0.2, 0.25) is 0 Å². The summed E-state index contributed by atoms with van der Waals surface area (Å²) in [7, 11) is 0. The molecule has 0 fully saturated rings. The van der Waals surface area contributed by atoms with E-state index in [1.54, 1.807) is 0 Å². The number of hydrogen-bond donors (Lipinski definition) is 0. The van der Waals surface area contributed by atoms with Crippen LogP contribution in [0.2, 0.25) is 0 Å². The number of rotatable bonds is 2. The van der Waals surface area contributed by atoms with Crippen molar-refractivity contribution in [3.05, 3.63) is 95.6 Å². The number of fused-ring (bicyclic) bond motifs is 3. The maximum atomic E-state index is 10.7. The zero-order chi connectivity index (χ0) is 16.8. The number of benzene rings is 3. The Bertz CT molecular complexity index is 802. The molecule has 120 valence electrons. The molecule has 3 heteroatoms. The number of ether oxygens (including phenoxy) is 1. The van der Waals surface area contributed by atoms with E-state index in [1.165, 1.54) is 22.3 Å². The molecular formula is C21H17ClO2. The quantitative estimate of drug-likeness (QED) is 0.431. The van der Waals surface area contributed by atoms with Gasteiger partial charge >= 0.3 is 5.43 Å². The second-order valence-corrected chi connectivity index (χ2v) is 5.77. The van der Waals surface area contributed by atoms with Gasteiger partial charge in [0.25, 0.3) is 0 Å². The van der Waals surface area contributed by atoms with Crippen LogP contribution in [0.5, 0.6) is 0 Å². The summed E-state index contributed by atoms with van der Waals surface area (Å²) in [5.41, 5.74) is 5.31. The first-order valence-corrected chi connectivity index (χ1v) is 8.15. The molecule has 3 aromatic rings. The van der Waals surface area contributed by atoms with E-state index in [4.69, 9.17) is 16.3 Å². The van der Waals surface area contributed by atoms with E-state index in [0.29, 0.717) is 0 Å². The molecule has 0 saturated heterocycles. The number of carbonyl (C=O) groups is 1. The smallest absolute Gasteiger partial charge is 0.404 e. The molecule has 3 aromatic carbocycles. The highest BCUT2D eigenvalue weighted by Gasteiger charge is 2.20. The third-order valence-corrected chi connectivity index (χ3v) is 4.06. The van der Waals surface area contributed by atoms with Crippen molar-refractivity contribution in [2.45, 2.75) is 13.0 Å². The van der Waals surface area contributed by atoms with Gasteiger partial charge in [-0.05, 0) is 34.2 Å². The Morgan fingerprint density at radius 1 is 0.833 bits per heavy atom. The van der Waals surface area contributed by atoms with Crippen molar-refractivity contribution < 1.29 is 9.53 Å². The van der Waals surface area contributed by atoms with E-state index < -0.39 is 5.43 Å². The summed E-state index contributed by atoms with van der Waals surface area (Å²) in [6, 6.07) is 26.4. The molecule has 0 heterocycles. The summed E-state index contributed by atoms with van der Waals surface area (Å²) in [5.74, 6) is 0. The van der Waals surface area contributed by atoms with Crippen molar-refractivity contribution >= 4 is 17.0 Å². The van der Waals surface area contributed by atoms with E-state index in [-0.39, 0.29) is 6.61 Å². The van der Waals surface area contributed by atoms with E-state index >= 15 is 0 Å². The number of hydrogen-bond acceptors (Lipinski definition) is 2. The summed E-state index contributed by atoms with van der Waals surface area (Å²) in [6.45, 7) is 0.236. The summed E-state index contributed by atoms with van der Waals surface area (Å²) < 4.78 is 4.88. The zero-order valence-electron chi connectivity index (χ0n) is 13.1. The van der Waals surface area contributed by atoms with Gasteiger partial charge in [0.15, 0.2) is 0 Å². The van der Waals surface area contributed by atoms with Crippen molar-refractivity contribution in [1.29, 1.82) is 0 Å². The molecule has 1 aliphatic rings. The predicted octanol–water partition coefficient (Wildman–Crippen LogP) is 5.82. The van der Waals surface area contributed by atoms with Gasteiger partial charge in [-0.15, -0.1) is 0 Å². The fraction of sp³-hybridized carbons (Fsp3) is 0.0952. The Balaban J connectivity index is 0.000000238. The van der Waals surface area contributed by atoms with Crippen LogP contribution in [0.4, 0.5) is 4.79 Å². The van der Waals surface area contributed by atoms with Crippen LogP contribution < -0.4 is 0 Å². The van der Waals surface area contributed by atoms with Crippen molar-refractivity contribution in [3.63, 3.8) is 0 Å². The van der Waals surface area contributed by atoms with Crippen molar-refractivity contribution in [3.8, 4) is 11.1 Å². The Labute approximate surface area is 146 Å². The van der Waals surface area contributed by atoms with Crippen molar-refractivity contribution in [1.82, 2.24) is 0 Å². The molecule has 0 saturated carbocycles. The lowest BCUT2D eigenvalue weighted by Gasteiger charge is -2.07. The van der Waals surface area contributed by atoms with E-state index in [0.717, 1.165) is 12.0 Å². The van der Waals surface area contributed by atoms with E-state index in [1.807, 2.05) is 60.7 Å². The largest absolute Gasteiger partial charge is 0.449 e. The summed E-state index contributed by atoms with van der Waals surface area (Å²) in [5, 5.41) is 0. The highest BCUT2D eigenvalue weighted by molar-refractivity contribution is 6.61. The molecule has 4 rings (SSSR count). The van der Waals surface area contributed by atoms with Crippen LogP contribution in [-0.2, 0) is 17.8 Å². The monoisotopic (exact) mass is 336 g/mol. The zero-order valence-corrected chi connectivity index (χ0v) is 13.9. The van der Waals surface area contributed by atoms with Gasteiger partial charge in [0, 0.05) is 11.6 Å². The third-order valence-electron chi connectivity index (χ3n) is 3.96. The maximum absolute atomic E-state index is 10.7. The molecule has 0 atom stereocenters. The lowest BCUT2D eigenvalue weighted by atomic mass is 10.0. The van der Waals surface area contributed by atoms with Crippen molar-refractivity contribution in [2.75, 3.05) is 0 Å². The van der Waals surface area contributed by atoms with E-state index in [9.17, 15) is 4.79 Å². The molecule has 0 amide bonds. The SMILES string of the molecule is O=C(Cl)OCc1cccc2c1Cc1ccccc1-2.c1ccccc1. The minimum Gasteiger partial charge on any atom is -0.449 e. The Morgan fingerprint density at radius 3 is 2.12 bits per heavy atom. The summed E-state index contributed by atoms with van der Waals surface area (Å²) >= 11 is 5.21. The molecule has 2 nitrogen and oxygen atoms in total. The van der Waals surface area contributed by atoms with Crippen LogP contribution in [0.15, 0.2) is 78.9 Å². The molecule has 0 aliphatic heterocycles. The van der Waals surface area contributed by atoms with Gasteiger partial charge in [0.1, 0.15) is 6.61 Å². The minimum atomic E-state index is -0.761. The molecule has 0 spiro atoms. The standard InChI is InChI=1S/C15H11ClO2.C6H6/c16-15(17)18-9-11-5-3-7-13-12-6-2-1-4-10(12)8-14(11)13;1-2-4-6-5-3-1/h1-7H,8-9H2;1-6H. The van der Waals surface area contributed by atoms with Gasteiger partial charge in [-0.2, -0.15) is 0 Å². The highest BCUT2D eigenvalue weighted by Crippen LogP contribution is 2.38. The average molecular weight is 337 g/mol. The molecule has 0 unspecified atom stereocenters. The third kappa shape index (κ3) is 3.84. The molecule has 1 aliphatic carbocycles. The second kappa shape index (κ2) is 7.80. The van der Waals surface area contributed by atoms with Gasteiger partial charge in [-0.25, -0.2) is 4.79 Å². The molecular weight excluding hydrogens is 320 g/mol. The van der Waals surface area contributed by atoms with Crippen LogP contribution in [0.25, 0.3) is 11.1 Å². The first-order chi connectivity index (χ1) is 11.8. The van der Waals surface area contributed by atoms with E-state index in [2.05, 4.69) is 18.2 Å². The fourth-order valence-corrected chi connectivity index (χ4v) is 2.93. The van der Waals surface area contributed by atoms with Crippen LogP contribution in [0, 0.1) is 0 Å². The summed E-state index contributed by atoms with van der Waals surface area (Å²) in [4.78, 5) is 10.7. The molecule has 0 N–H and O–H groups in total. The normalized spacial score (nSPS) is 10.9. The van der Waals surface area contributed by atoms with Gasteiger partial charge in [-0.3, -0.25) is 0 Å². The molecule has 0 aromatic heterocycles. The number of carbonyl (C=O) groups excluding carboxylic acids is 1. The van der Waals surface area contributed by atoms with Crippen LogP contribution in [0.3, 0.4) is 0 Å². The molecule has 0 radical (unpaired) electrons. The Morgan fingerprint density at radius 2 is 1.46 bits per heavy atom. The Kier molecular flexibility index (Phi) is 5.29. The fourth-order valence-electron chi connectivity index (χ4n) is 2.88. The minimum absolute atomic E-state index is 0.236. The van der Waals surface area contributed by atoms with Crippen molar-refractivity contribution in [2.24, 2.45) is 0 Å². The maximum Gasteiger partial charge on any atom is 0.404 e. The second-order valence-electron chi connectivity index (χ2n) is 5.46. The van der Waals surface area contributed by atoms with Crippen LogP contribution >= 0.6 is 11.6 Å². The van der Waals surface area contributed by atoms with Crippen LogP contribution in [0.1, 0.15) is 16.7 Å². The van der Waals surface area contributed by atoms with Gasteiger partial charge in [0.05, 0.1) is 0 Å². The first kappa shape index (κ1) is 16.3. The van der Waals surface area contributed by atoms with Crippen LogP contribution in [-0.4, -0.2) is 5.43 Å². The number of halogens is 1. The van der Waals surface area contributed by atoms with Gasteiger partial charge in [-0.1, -0.05) is 78.9 Å². The molecule has 0 bridgehead atoms. The topological polar surface area (TPSA) is 26.3 Å². The summed E-state index contributed by atoms with van der Waals surface area (Å²) in [6.07, 6.45) is 0.890. The predicted molar refractivity (Wildman–Crippen MR) is 97.2 cm³/mol. The van der Waals surface area contributed by atoms with Gasteiger partial charge < -0.3 is 4.74 Å². The average Bonchev–Trinajstić information content (AvgIpc) is 3.01. The lowest BCUT2D eigenvalue weighted by Crippen LogP contribution is -1.98. The molecule has 24 heavy (non-hydrogen) atoms. The highest BCUT2D eigenvalue weighted by atomic mass is 35.5. The lowest BCUT2D eigenvalue weighted by molar-refractivity contribution is 0.167.